The van der Waals surface area contributed by atoms with Gasteiger partial charge >= 0.3 is 0 Å². The summed E-state index contributed by atoms with van der Waals surface area (Å²) in [5.41, 5.74) is 15.2. The van der Waals surface area contributed by atoms with E-state index in [1.54, 1.807) is 7.05 Å². The molecule has 0 fully saturated rings. The molecule has 0 spiro atoms. The summed E-state index contributed by atoms with van der Waals surface area (Å²) in [6.07, 6.45) is 3.67. The molecule has 0 atom stereocenters. The first-order valence-corrected chi connectivity index (χ1v) is 19.9. The van der Waals surface area contributed by atoms with Gasteiger partial charge in [-0.1, -0.05) is 0 Å². The molecular formula is C35H46N22O9. The number of amides is 6. The molecule has 0 bridgehead atoms. The van der Waals surface area contributed by atoms with Crippen molar-refractivity contribution >= 4 is 86.8 Å². The average Bonchev–Trinajstić information content (AvgIpc) is 3.98. The van der Waals surface area contributed by atoms with Gasteiger partial charge in [0.1, 0.15) is 19.6 Å². The number of nitrogens with one attached hydrogen (secondary N) is 7. The van der Waals surface area contributed by atoms with Crippen molar-refractivity contribution in [3.05, 3.63) is 50.0 Å². The maximum atomic E-state index is 13.8. The molecule has 0 radical (unpaired) electrons. The molecule has 6 rings (SSSR count). The highest BCUT2D eigenvalue weighted by molar-refractivity contribution is 5.88. The van der Waals surface area contributed by atoms with Gasteiger partial charge in [0, 0.05) is 46.3 Å². The summed E-state index contributed by atoms with van der Waals surface area (Å²) in [5, 5.41) is 10.6. The molecule has 0 aliphatic heterocycles. The van der Waals surface area contributed by atoms with Crippen molar-refractivity contribution in [1.29, 1.82) is 0 Å². The van der Waals surface area contributed by atoms with Gasteiger partial charge in [-0.3, -0.25) is 58.1 Å². The number of nitrogens with two attached hydrogens (primary N) is 3. The Morgan fingerprint density at radius 2 is 0.848 bits per heavy atom. The fourth-order valence-electron chi connectivity index (χ4n) is 6.49. The number of anilines is 3. The first-order chi connectivity index (χ1) is 31.5. The largest absolute Gasteiger partial charge is 0.369 e. The normalized spacial score (nSPS) is 11.2. The van der Waals surface area contributed by atoms with Gasteiger partial charge in [-0.15, -0.1) is 0 Å². The van der Waals surface area contributed by atoms with Gasteiger partial charge < -0.3 is 66.9 Å². The van der Waals surface area contributed by atoms with Crippen LogP contribution in [0.1, 0.15) is 0 Å². The standard InChI is InChI=1S/C35H46N22O9/c1-39-3-6-52(21(61)12-55-15-43-24-27(55)46-33(36)49-30(24)64)10-19(59)42-5-8-54(23(63)14-57-17-45-26-29(57)48-35(38)51-32(26)66)11-20(60)41-4-7-53(9-18(58)40-2)22(62)13-56-16-44-25-28(56)47-34(37)50-31(25)65/h15-17,39H,3-14H2,1-2H3,(H,40,58)(H,41,60)(H,42,59)(H3,36,46,49,64)(H3,37,47,50,65)(H3,38,48,51,66). The molecule has 0 saturated heterocycles. The quantitative estimate of drug-likeness (QED) is 0.0321. The number of H-pyrrole nitrogens is 3. The molecule has 6 aromatic heterocycles. The van der Waals surface area contributed by atoms with Crippen molar-refractivity contribution in [2.45, 2.75) is 19.6 Å². The van der Waals surface area contributed by atoms with Crippen LogP contribution in [0.3, 0.4) is 0 Å². The van der Waals surface area contributed by atoms with Gasteiger partial charge in [-0.2, -0.15) is 15.0 Å². The molecule has 66 heavy (non-hydrogen) atoms. The minimum Gasteiger partial charge on any atom is -0.369 e. The molecule has 6 heterocycles. The van der Waals surface area contributed by atoms with Gasteiger partial charge in [0.15, 0.2) is 33.5 Å². The Hall–Kier alpha value is -8.77. The van der Waals surface area contributed by atoms with Gasteiger partial charge in [0.05, 0.1) is 38.6 Å². The number of rotatable bonds is 21. The van der Waals surface area contributed by atoms with E-state index in [4.69, 9.17) is 17.2 Å². The predicted molar refractivity (Wildman–Crippen MR) is 231 cm³/mol. The summed E-state index contributed by atoms with van der Waals surface area (Å²) in [4.78, 5) is 151. The van der Waals surface area contributed by atoms with Crippen LogP contribution in [-0.4, -0.2) is 182 Å². The monoisotopic (exact) mass is 918 g/mol. The van der Waals surface area contributed by atoms with Crippen LogP contribution in [0.15, 0.2) is 33.4 Å². The van der Waals surface area contributed by atoms with E-state index in [0.29, 0.717) is 6.54 Å². The number of hydrogen-bond acceptors (Lipinski definition) is 19. The van der Waals surface area contributed by atoms with Crippen LogP contribution in [0.2, 0.25) is 0 Å². The summed E-state index contributed by atoms with van der Waals surface area (Å²) in [7, 11) is 3.04. The molecule has 350 valence electrons. The Morgan fingerprint density at radius 3 is 1.17 bits per heavy atom. The molecule has 13 N–H and O–H groups in total. The Bertz CT molecular complexity index is 2980. The van der Waals surface area contributed by atoms with E-state index in [1.165, 1.54) is 44.6 Å². The van der Waals surface area contributed by atoms with Crippen molar-refractivity contribution in [2.24, 2.45) is 0 Å². The molecule has 6 aromatic rings. The molecule has 31 heteroatoms. The smallest absolute Gasteiger partial charge is 0.280 e. The SMILES string of the molecule is CNCCN(CC(=O)NCCN(CC(=O)NCCN(CC(=O)NC)C(=O)Cn1cnc2c(=O)[nH]c(N)nc21)C(=O)Cn1cnc2c(=O)[nH]c(N)nc21)C(=O)Cn1cnc2c(=O)[nH]c(N)nc21. The first kappa shape index (κ1) is 46.7. The van der Waals surface area contributed by atoms with Crippen molar-refractivity contribution < 1.29 is 28.8 Å². The number of aromatic nitrogens is 12. The Labute approximate surface area is 369 Å². The van der Waals surface area contributed by atoms with Crippen LogP contribution >= 0.6 is 0 Å². The van der Waals surface area contributed by atoms with Crippen LogP contribution in [0, 0.1) is 0 Å². The average molecular weight is 919 g/mol. The number of carbonyl (C=O) groups is 6. The third-order valence-corrected chi connectivity index (χ3v) is 9.78. The number of hydrogen-bond donors (Lipinski definition) is 10. The van der Waals surface area contributed by atoms with Crippen LogP contribution in [0.25, 0.3) is 33.5 Å². The minimum atomic E-state index is -0.690. The zero-order valence-corrected chi connectivity index (χ0v) is 35.5. The van der Waals surface area contributed by atoms with E-state index in [2.05, 4.69) is 66.1 Å². The molecular weight excluding hydrogens is 873 g/mol. The lowest BCUT2D eigenvalue weighted by molar-refractivity contribution is -0.137. The van der Waals surface area contributed by atoms with Crippen LogP contribution in [0.4, 0.5) is 17.8 Å². The Kier molecular flexibility index (Phi) is 14.6. The summed E-state index contributed by atoms with van der Waals surface area (Å²) < 4.78 is 3.86. The van der Waals surface area contributed by atoms with Crippen molar-refractivity contribution in [3.63, 3.8) is 0 Å². The molecule has 0 aliphatic carbocycles. The number of imidazole rings is 3. The van der Waals surface area contributed by atoms with E-state index in [0.717, 1.165) is 9.80 Å². The van der Waals surface area contributed by atoms with Crippen LogP contribution in [-0.2, 0) is 48.4 Å². The number of carbonyl (C=O) groups excluding carboxylic acids is 6. The fourth-order valence-corrected chi connectivity index (χ4v) is 6.49. The highest BCUT2D eigenvalue weighted by Gasteiger charge is 2.24. The molecule has 6 amide bonds. The van der Waals surface area contributed by atoms with Crippen LogP contribution < -0.4 is 55.1 Å². The number of nitrogens with zero attached hydrogens (tertiary/aromatic N) is 12. The van der Waals surface area contributed by atoms with Gasteiger partial charge in [0.25, 0.3) is 16.7 Å². The van der Waals surface area contributed by atoms with E-state index in [-0.39, 0.29) is 97.1 Å². The first-order valence-electron chi connectivity index (χ1n) is 19.9. The molecule has 0 aromatic carbocycles. The highest BCUT2D eigenvalue weighted by Crippen LogP contribution is 2.10. The highest BCUT2D eigenvalue weighted by atomic mass is 16.2. The predicted octanol–water partition coefficient (Wildman–Crippen LogP) is -7.18. The van der Waals surface area contributed by atoms with Gasteiger partial charge in [-0.25, -0.2) is 15.0 Å². The summed E-state index contributed by atoms with van der Waals surface area (Å²) in [6.45, 7) is -2.89. The summed E-state index contributed by atoms with van der Waals surface area (Å²) >= 11 is 0. The van der Waals surface area contributed by atoms with E-state index < -0.39 is 78.3 Å². The van der Waals surface area contributed by atoms with Crippen molar-refractivity contribution in [1.82, 2.24) is 94.5 Å². The maximum absolute atomic E-state index is 13.8. The molecule has 31 nitrogen and oxygen atoms in total. The molecule has 0 unspecified atom stereocenters. The molecule has 0 aliphatic rings. The maximum Gasteiger partial charge on any atom is 0.280 e. The number of fused-ring (bicyclic) bond motifs is 3. The second-order valence-electron chi connectivity index (χ2n) is 14.4. The third-order valence-electron chi connectivity index (χ3n) is 9.78. The van der Waals surface area contributed by atoms with Gasteiger partial charge in [-0.05, 0) is 7.05 Å². The molecule has 0 saturated carbocycles. The number of likely N-dealkylation sites (N-methyl/N-ethyl adjacent to an activating group) is 2. The second kappa shape index (κ2) is 20.6. The lowest BCUT2D eigenvalue weighted by Crippen LogP contribution is -2.49. The summed E-state index contributed by atoms with van der Waals surface area (Å²) in [5.74, 6) is -4.19. The zero-order valence-electron chi connectivity index (χ0n) is 35.5. The van der Waals surface area contributed by atoms with Crippen LogP contribution in [0.5, 0.6) is 0 Å². The Morgan fingerprint density at radius 1 is 0.530 bits per heavy atom. The lowest BCUT2D eigenvalue weighted by atomic mass is 10.3. The van der Waals surface area contributed by atoms with Crippen molar-refractivity contribution in [3.8, 4) is 0 Å². The Balaban J connectivity index is 1.11. The number of aromatic amines is 3. The van der Waals surface area contributed by atoms with E-state index >= 15 is 0 Å². The lowest BCUT2D eigenvalue weighted by Gasteiger charge is -2.25. The van der Waals surface area contributed by atoms with E-state index in [1.807, 2.05) is 0 Å². The van der Waals surface area contributed by atoms with Crippen molar-refractivity contribution in [2.75, 3.05) is 90.2 Å². The second-order valence-corrected chi connectivity index (χ2v) is 14.4. The zero-order chi connectivity index (χ0) is 47.7. The minimum absolute atomic E-state index is 0.000937. The third kappa shape index (κ3) is 11.2. The fraction of sp³-hybridized carbons (Fsp3) is 0.400. The number of nitrogen functional groups attached to an aromatic ring is 3. The summed E-state index contributed by atoms with van der Waals surface area (Å²) in [6, 6.07) is 0. The van der Waals surface area contributed by atoms with E-state index in [9.17, 15) is 43.2 Å². The van der Waals surface area contributed by atoms with Gasteiger partial charge in [0.2, 0.25) is 53.3 Å². The topological polar surface area (TPSA) is 429 Å².